The monoisotopic (exact) mass is 496 g/mol. The molecule has 0 radical (unpaired) electrons. The average molecular weight is 497 g/mol. The van der Waals surface area contributed by atoms with Gasteiger partial charge in [0.15, 0.2) is 5.82 Å². The van der Waals surface area contributed by atoms with Crippen LogP contribution in [0.3, 0.4) is 0 Å². The zero-order valence-corrected chi connectivity index (χ0v) is 19.6. The summed E-state index contributed by atoms with van der Waals surface area (Å²) in [6.07, 6.45) is -0.820. The predicted octanol–water partition coefficient (Wildman–Crippen LogP) is 5.01. The van der Waals surface area contributed by atoms with Gasteiger partial charge < -0.3 is 14.5 Å². The van der Waals surface area contributed by atoms with E-state index in [0.717, 1.165) is 76.7 Å². The van der Waals surface area contributed by atoms with E-state index < -0.39 is 34.6 Å². The van der Waals surface area contributed by atoms with Crippen molar-refractivity contribution in [3.8, 4) is 11.3 Å². The van der Waals surface area contributed by atoms with E-state index in [9.17, 15) is 22.0 Å². The highest BCUT2D eigenvalue weighted by molar-refractivity contribution is 5.66. The van der Waals surface area contributed by atoms with Crippen molar-refractivity contribution in [2.24, 2.45) is 17.8 Å². The van der Waals surface area contributed by atoms with Crippen LogP contribution >= 0.6 is 0 Å². The summed E-state index contributed by atoms with van der Waals surface area (Å²) >= 11 is 0. The minimum Gasteiger partial charge on any atom is -0.381 e. The van der Waals surface area contributed by atoms with E-state index in [1.807, 2.05) is 0 Å². The van der Waals surface area contributed by atoms with Gasteiger partial charge in [0.2, 0.25) is 0 Å². The molecule has 190 valence electrons. The maximum atomic E-state index is 14.2. The number of hydrogen-bond acceptors (Lipinski definition) is 5. The van der Waals surface area contributed by atoms with Crippen molar-refractivity contribution < 1.29 is 26.7 Å². The summed E-state index contributed by atoms with van der Waals surface area (Å²) in [6, 6.07) is 3.31. The molecule has 1 aliphatic carbocycles. The Morgan fingerprint density at radius 3 is 2.37 bits per heavy atom. The normalized spacial score (nSPS) is 25.7. The minimum absolute atomic E-state index is 0.0578. The zero-order chi connectivity index (χ0) is 24.7. The van der Waals surface area contributed by atoms with Crippen LogP contribution in [-0.2, 0) is 10.9 Å². The summed E-state index contributed by atoms with van der Waals surface area (Å²) in [4.78, 5) is 4.29. The Kier molecular flexibility index (Phi) is 6.69. The molecule has 2 saturated heterocycles. The number of halogens is 5. The van der Waals surface area contributed by atoms with Crippen molar-refractivity contribution in [3.05, 3.63) is 41.5 Å². The van der Waals surface area contributed by atoms with Gasteiger partial charge in [-0.3, -0.25) is 0 Å². The van der Waals surface area contributed by atoms with Gasteiger partial charge in [-0.15, -0.1) is 10.2 Å². The van der Waals surface area contributed by atoms with Gasteiger partial charge in [0.25, 0.3) is 0 Å². The molecule has 3 fully saturated rings. The molecule has 35 heavy (non-hydrogen) atoms. The fourth-order valence-electron chi connectivity index (χ4n) is 5.96. The highest BCUT2D eigenvalue weighted by atomic mass is 19.4. The lowest BCUT2D eigenvalue weighted by Gasteiger charge is -2.30. The van der Waals surface area contributed by atoms with Crippen molar-refractivity contribution in [1.82, 2.24) is 15.1 Å². The largest absolute Gasteiger partial charge is 0.418 e. The molecule has 5 nitrogen and oxygen atoms in total. The lowest BCUT2D eigenvalue weighted by atomic mass is 10.00. The summed E-state index contributed by atoms with van der Waals surface area (Å²) in [5.74, 6) is -0.0430. The number of anilines is 1. The number of rotatable bonds is 5. The Hall–Kier alpha value is -2.33. The molecule has 0 bridgehead atoms. The molecule has 1 aromatic carbocycles. The van der Waals surface area contributed by atoms with Crippen molar-refractivity contribution in [1.29, 1.82) is 0 Å². The first-order valence-corrected chi connectivity index (χ1v) is 12.1. The van der Waals surface area contributed by atoms with Crippen LogP contribution in [0.1, 0.15) is 31.2 Å². The maximum Gasteiger partial charge on any atom is 0.418 e. The second kappa shape index (κ2) is 9.61. The van der Waals surface area contributed by atoms with E-state index in [1.54, 1.807) is 11.9 Å². The van der Waals surface area contributed by atoms with Crippen LogP contribution in [0, 0.1) is 29.4 Å². The van der Waals surface area contributed by atoms with Crippen molar-refractivity contribution in [2.45, 2.75) is 37.9 Å². The van der Waals surface area contributed by atoms with Gasteiger partial charge in [0.1, 0.15) is 17.3 Å². The van der Waals surface area contributed by atoms with E-state index in [1.165, 1.54) is 0 Å². The predicted molar refractivity (Wildman–Crippen MR) is 121 cm³/mol. The van der Waals surface area contributed by atoms with Crippen LogP contribution in [0.4, 0.5) is 27.8 Å². The molecule has 10 heteroatoms. The Labute approximate surface area is 201 Å². The second-order valence-electron chi connectivity index (χ2n) is 10.1. The number of aromatic nitrogens is 2. The summed E-state index contributed by atoms with van der Waals surface area (Å²) in [5, 5.41) is 7.72. The number of likely N-dealkylation sites (tertiary alicyclic amines) is 1. The summed E-state index contributed by atoms with van der Waals surface area (Å²) in [7, 11) is 1.73. The standard InChI is InChI=1S/C25H29F5N4O/c1-33(19-8-16-13-34(14-17(16)9-19)12-15-4-6-35-7-5-15)23-11-21(25(28,29)30)24(32-31-23)20-10-18(26)2-3-22(20)27/h2-3,10-11,15-17,19H,4-9,12-14H2,1H3/t16-,17+,19?. The first kappa shape index (κ1) is 24.4. The van der Waals surface area contributed by atoms with Gasteiger partial charge in [-0.25, -0.2) is 8.78 Å². The van der Waals surface area contributed by atoms with E-state index in [0.29, 0.717) is 23.8 Å². The molecule has 3 heterocycles. The van der Waals surface area contributed by atoms with Crippen LogP contribution in [0.25, 0.3) is 11.3 Å². The van der Waals surface area contributed by atoms with Crippen molar-refractivity contribution in [2.75, 3.05) is 44.8 Å². The van der Waals surface area contributed by atoms with Crippen LogP contribution in [0.2, 0.25) is 0 Å². The third kappa shape index (κ3) is 5.14. The van der Waals surface area contributed by atoms with Crippen molar-refractivity contribution >= 4 is 5.82 Å². The van der Waals surface area contributed by atoms with Crippen molar-refractivity contribution in [3.63, 3.8) is 0 Å². The smallest absolute Gasteiger partial charge is 0.381 e. The summed E-state index contributed by atoms with van der Waals surface area (Å²) in [5.41, 5.74) is -2.39. The number of hydrogen-bond donors (Lipinski definition) is 0. The average Bonchev–Trinajstić information content (AvgIpc) is 3.39. The summed E-state index contributed by atoms with van der Waals surface area (Å²) < 4.78 is 75.0. The molecular formula is C25H29F5N4O. The lowest BCUT2D eigenvalue weighted by molar-refractivity contribution is -0.137. The van der Waals surface area contributed by atoms with Crippen LogP contribution < -0.4 is 4.90 Å². The van der Waals surface area contributed by atoms with Gasteiger partial charge in [0.05, 0.1) is 5.56 Å². The molecule has 1 saturated carbocycles. The maximum absolute atomic E-state index is 14.2. The third-order valence-electron chi connectivity index (χ3n) is 7.84. The molecule has 3 atom stereocenters. The number of benzene rings is 1. The molecule has 2 aliphatic heterocycles. The number of fused-ring (bicyclic) bond motifs is 1. The Morgan fingerprint density at radius 1 is 1.03 bits per heavy atom. The van der Waals surface area contributed by atoms with Gasteiger partial charge in [-0.2, -0.15) is 13.2 Å². The quantitative estimate of drug-likeness (QED) is 0.545. The Balaban J connectivity index is 1.30. The molecule has 0 amide bonds. The Morgan fingerprint density at radius 2 is 1.71 bits per heavy atom. The molecule has 1 unspecified atom stereocenters. The van der Waals surface area contributed by atoms with Gasteiger partial charge >= 0.3 is 6.18 Å². The van der Waals surface area contributed by atoms with E-state index in [2.05, 4.69) is 15.1 Å². The van der Waals surface area contributed by atoms with Gasteiger partial charge in [-0.1, -0.05) is 0 Å². The fraction of sp³-hybridized carbons (Fsp3) is 0.600. The summed E-state index contributed by atoms with van der Waals surface area (Å²) in [6.45, 7) is 4.80. The van der Waals surface area contributed by atoms with E-state index in [4.69, 9.17) is 4.74 Å². The number of nitrogens with zero attached hydrogens (tertiary/aromatic N) is 4. The minimum atomic E-state index is -4.80. The number of ether oxygens (including phenoxy) is 1. The molecule has 1 aromatic heterocycles. The van der Waals surface area contributed by atoms with Crippen LogP contribution in [0.15, 0.2) is 24.3 Å². The first-order chi connectivity index (χ1) is 16.7. The second-order valence-corrected chi connectivity index (χ2v) is 10.1. The van der Waals surface area contributed by atoms with Gasteiger partial charge in [-0.05, 0) is 67.7 Å². The topological polar surface area (TPSA) is 41.5 Å². The van der Waals surface area contributed by atoms with Gasteiger partial charge in [0, 0.05) is 51.5 Å². The molecule has 2 aromatic rings. The van der Waals surface area contributed by atoms with Crippen LogP contribution in [-0.4, -0.2) is 61.0 Å². The molecule has 3 aliphatic rings. The van der Waals surface area contributed by atoms with E-state index in [-0.39, 0.29) is 11.9 Å². The molecule has 0 N–H and O–H groups in total. The Bertz CT molecular complexity index is 1040. The fourth-order valence-corrected chi connectivity index (χ4v) is 5.96. The highest BCUT2D eigenvalue weighted by Crippen LogP contribution is 2.43. The lowest BCUT2D eigenvalue weighted by Crippen LogP contribution is -2.35. The molecule has 5 rings (SSSR count). The SMILES string of the molecule is CN(c1cc(C(F)(F)F)c(-c2cc(F)ccc2F)nn1)C1C[C@@H]2CN(CC3CCOCC3)C[C@@H]2C1. The first-order valence-electron chi connectivity index (χ1n) is 12.1. The zero-order valence-electron chi connectivity index (χ0n) is 19.6. The molecular weight excluding hydrogens is 467 g/mol. The molecule has 0 spiro atoms. The van der Waals surface area contributed by atoms with Crippen LogP contribution in [0.5, 0.6) is 0 Å². The van der Waals surface area contributed by atoms with E-state index >= 15 is 0 Å². The highest BCUT2D eigenvalue weighted by Gasteiger charge is 2.43. The number of alkyl halides is 3. The third-order valence-corrected chi connectivity index (χ3v) is 7.84.